The van der Waals surface area contributed by atoms with Crippen LogP contribution in [-0.2, 0) is 16.3 Å². The molecule has 1 amide bonds. The number of carbonyl (C=O) groups is 1. The summed E-state index contributed by atoms with van der Waals surface area (Å²) in [6, 6.07) is 7.62. The molecule has 1 aromatic carbocycles. The minimum Gasteiger partial charge on any atom is -0.336 e. The van der Waals surface area contributed by atoms with Crippen LogP contribution >= 0.6 is 0 Å². The molecule has 0 radical (unpaired) electrons. The fourth-order valence-electron chi connectivity index (χ4n) is 2.72. The molecule has 0 N–H and O–H groups in total. The van der Waals surface area contributed by atoms with E-state index in [2.05, 4.69) is 6.92 Å². The van der Waals surface area contributed by atoms with E-state index >= 15 is 0 Å². The second kappa shape index (κ2) is 6.82. The maximum absolute atomic E-state index is 12.3. The van der Waals surface area contributed by atoms with Crippen LogP contribution in [0.5, 0.6) is 0 Å². The molecule has 0 bridgehead atoms. The molecule has 1 aliphatic rings. The number of likely N-dealkylation sites (tertiary alicyclic amines) is 1. The van der Waals surface area contributed by atoms with Gasteiger partial charge in [-0.2, -0.15) is 0 Å². The normalized spacial score (nSPS) is 15.9. The van der Waals surface area contributed by atoms with Crippen LogP contribution in [-0.4, -0.2) is 43.3 Å². The molecule has 1 saturated heterocycles. The predicted molar refractivity (Wildman–Crippen MR) is 88.8 cm³/mol. The number of hydrogen-bond donors (Lipinski definition) is 0. The molecule has 0 aliphatic carbocycles. The highest BCUT2D eigenvalue weighted by Gasteiger charge is 2.39. The molecule has 0 unspecified atom stereocenters. The van der Waals surface area contributed by atoms with E-state index in [0.29, 0.717) is 18.7 Å². The van der Waals surface area contributed by atoms with Crippen molar-refractivity contribution in [3.05, 3.63) is 35.4 Å². The van der Waals surface area contributed by atoms with E-state index < -0.39 is 15.1 Å². The third-order valence-electron chi connectivity index (χ3n) is 3.95. The first kappa shape index (κ1) is 17.0. The highest BCUT2D eigenvalue weighted by molar-refractivity contribution is 7.92. The zero-order chi connectivity index (χ0) is 16.3. The number of amides is 1. The van der Waals surface area contributed by atoms with E-state index in [-0.39, 0.29) is 17.6 Å². The maximum Gasteiger partial charge on any atom is 0.253 e. The van der Waals surface area contributed by atoms with E-state index in [0.717, 1.165) is 12.8 Å². The topological polar surface area (TPSA) is 54.5 Å². The Kier molecular flexibility index (Phi) is 5.27. The molecule has 22 heavy (non-hydrogen) atoms. The highest BCUT2D eigenvalue weighted by atomic mass is 32.2. The number of aryl methyl sites for hydroxylation is 1. The van der Waals surface area contributed by atoms with Crippen LogP contribution in [0, 0.1) is 5.92 Å². The third kappa shape index (κ3) is 3.88. The molecule has 1 aliphatic heterocycles. The van der Waals surface area contributed by atoms with Gasteiger partial charge in [-0.25, -0.2) is 8.42 Å². The zero-order valence-electron chi connectivity index (χ0n) is 13.6. The maximum atomic E-state index is 12.3. The average Bonchev–Trinajstić information content (AvgIpc) is 2.36. The van der Waals surface area contributed by atoms with Crippen LogP contribution in [0.4, 0.5) is 0 Å². The van der Waals surface area contributed by atoms with Crippen LogP contribution in [0.15, 0.2) is 24.3 Å². The molecule has 122 valence electrons. The summed E-state index contributed by atoms with van der Waals surface area (Å²) in [5, 5.41) is -0.391. The summed E-state index contributed by atoms with van der Waals surface area (Å²) in [6.45, 7) is 6.57. The van der Waals surface area contributed by atoms with Gasteiger partial charge < -0.3 is 4.90 Å². The molecule has 1 aromatic rings. The van der Waals surface area contributed by atoms with Crippen molar-refractivity contribution in [3.63, 3.8) is 0 Å². The fraction of sp³-hybridized carbons (Fsp3) is 0.588. The number of carbonyl (C=O) groups excluding carboxylic acids is 1. The molecular formula is C17H25NO3S. The minimum atomic E-state index is -3.08. The lowest BCUT2D eigenvalue weighted by molar-refractivity contribution is 0.0659. The lowest BCUT2D eigenvalue weighted by Gasteiger charge is -2.39. The summed E-state index contributed by atoms with van der Waals surface area (Å²) in [5.74, 6) is 0.255. The Bertz CT molecular complexity index is 614. The quantitative estimate of drug-likeness (QED) is 0.808. The second-order valence-corrected chi connectivity index (χ2v) is 8.83. The van der Waals surface area contributed by atoms with Crippen molar-refractivity contribution in [1.29, 1.82) is 0 Å². The standard InChI is InChI=1S/C17H25NO3S/c1-4-5-14-6-8-15(9-7-14)17(19)18-10-16(11-18)22(20,21)12-13(2)3/h6-9,13,16H,4-5,10-12H2,1-3H3. The SMILES string of the molecule is CCCc1ccc(C(=O)N2CC(S(=O)(=O)CC(C)C)C2)cc1. The fourth-order valence-corrected chi connectivity index (χ4v) is 4.73. The first-order chi connectivity index (χ1) is 10.3. The van der Waals surface area contributed by atoms with Gasteiger partial charge in [0.25, 0.3) is 5.91 Å². The molecular weight excluding hydrogens is 298 g/mol. The zero-order valence-corrected chi connectivity index (χ0v) is 14.4. The van der Waals surface area contributed by atoms with Gasteiger partial charge in [0.05, 0.1) is 11.0 Å². The Morgan fingerprint density at radius 2 is 1.82 bits per heavy atom. The van der Waals surface area contributed by atoms with Crippen LogP contribution in [0.25, 0.3) is 0 Å². The Hall–Kier alpha value is -1.36. The van der Waals surface area contributed by atoms with Gasteiger partial charge in [0.1, 0.15) is 0 Å². The van der Waals surface area contributed by atoms with Crippen molar-refractivity contribution in [2.45, 2.75) is 38.9 Å². The van der Waals surface area contributed by atoms with Crippen LogP contribution in [0.1, 0.15) is 43.1 Å². The largest absolute Gasteiger partial charge is 0.336 e. The summed E-state index contributed by atoms with van der Waals surface area (Å²) in [4.78, 5) is 13.9. The van der Waals surface area contributed by atoms with Crippen LogP contribution < -0.4 is 0 Å². The summed E-state index contributed by atoms with van der Waals surface area (Å²) in [7, 11) is -3.08. The van der Waals surface area contributed by atoms with Crippen molar-refractivity contribution >= 4 is 15.7 Å². The van der Waals surface area contributed by atoms with Crippen LogP contribution in [0.3, 0.4) is 0 Å². The molecule has 1 fully saturated rings. The van der Waals surface area contributed by atoms with Crippen molar-refractivity contribution in [2.24, 2.45) is 5.92 Å². The number of rotatable bonds is 6. The summed E-state index contributed by atoms with van der Waals surface area (Å²) < 4.78 is 24.2. The Balaban J connectivity index is 1.94. The van der Waals surface area contributed by atoms with Gasteiger partial charge in [-0.1, -0.05) is 39.3 Å². The average molecular weight is 323 g/mol. The molecule has 0 atom stereocenters. The first-order valence-corrected chi connectivity index (χ1v) is 9.64. The summed E-state index contributed by atoms with van der Waals surface area (Å²) in [6.07, 6.45) is 2.09. The summed E-state index contributed by atoms with van der Waals surface area (Å²) >= 11 is 0. The molecule has 0 spiro atoms. The van der Waals surface area contributed by atoms with Crippen molar-refractivity contribution < 1.29 is 13.2 Å². The van der Waals surface area contributed by atoms with Crippen molar-refractivity contribution in [2.75, 3.05) is 18.8 Å². The van der Waals surface area contributed by atoms with E-state index in [1.165, 1.54) is 5.56 Å². The van der Waals surface area contributed by atoms with Gasteiger partial charge >= 0.3 is 0 Å². The first-order valence-electron chi connectivity index (χ1n) is 7.93. The molecule has 0 saturated carbocycles. The van der Waals surface area contributed by atoms with Crippen molar-refractivity contribution in [3.8, 4) is 0 Å². The van der Waals surface area contributed by atoms with Crippen molar-refractivity contribution in [1.82, 2.24) is 4.90 Å². The Labute approximate surface area is 133 Å². The summed E-state index contributed by atoms with van der Waals surface area (Å²) in [5.41, 5.74) is 1.86. The second-order valence-electron chi connectivity index (χ2n) is 6.50. The third-order valence-corrected chi connectivity index (χ3v) is 6.39. The van der Waals surface area contributed by atoms with Gasteiger partial charge in [0.15, 0.2) is 9.84 Å². The van der Waals surface area contributed by atoms with Gasteiger partial charge in [-0.15, -0.1) is 0 Å². The van der Waals surface area contributed by atoms with E-state index in [4.69, 9.17) is 0 Å². The Morgan fingerprint density at radius 3 is 2.32 bits per heavy atom. The van der Waals surface area contributed by atoms with E-state index in [1.807, 2.05) is 38.1 Å². The lowest BCUT2D eigenvalue weighted by Crippen LogP contribution is -2.57. The molecule has 0 aromatic heterocycles. The van der Waals surface area contributed by atoms with Crippen LogP contribution in [0.2, 0.25) is 0 Å². The highest BCUT2D eigenvalue weighted by Crippen LogP contribution is 2.21. The predicted octanol–water partition coefficient (Wildman–Crippen LogP) is 2.53. The molecule has 1 heterocycles. The van der Waals surface area contributed by atoms with E-state index in [1.54, 1.807) is 4.90 Å². The number of hydrogen-bond acceptors (Lipinski definition) is 3. The van der Waals surface area contributed by atoms with Gasteiger partial charge in [0.2, 0.25) is 0 Å². The minimum absolute atomic E-state index is 0.0703. The number of sulfone groups is 1. The van der Waals surface area contributed by atoms with Gasteiger partial charge in [-0.05, 0) is 30.0 Å². The number of benzene rings is 1. The van der Waals surface area contributed by atoms with Gasteiger partial charge in [-0.3, -0.25) is 4.79 Å². The monoisotopic (exact) mass is 323 g/mol. The molecule has 5 heteroatoms. The Morgan fingerprint density at radius 1 is 1.23 bits per heavy atom. The lowest BCUT2D eigenvalue weighted by atomic mass is 10.1. The number of nitrogens with zero attached hydrogens (tertiary/aromatic N) is 1. The van der Waals surface area contributed by atoms with Gasteiger partial charge in [0, 0.05) is 18.7 Å². The van der Waals surface area contributed by atoms with E-state index in [9.17, 15) is 13.2 Å². The molecule has 2 rings (SSSR count). The molecule has 4 nitrogen and oxygen atoms in total. The smallest absolute Gasteiger partial charge is 0.253 e.